The normalized spacial score (nSPS) is 21.7. The van der Waals surface area contributed by atoms with Gasteiger partial charge in [-0.05, 0) is 43.4 Å². The van der Waals surface area contributed by atoms with Gasteiger partial charge in [-0.2, -0.15) is 5.10 Å². The summed E-state index contributed by atoms with van der Waals surface area (Å²) in [6, 6.07) is 6.27. The van der Waals surface area contributed by atoms with Gasteiger partial charge in [0.1, 0.15) is 5.82 Å². The minimum atomic E-state index is -0.551. The highest BCUT2D eigenvalue weighted by Crippen LogP contribution is 2.44. The van der Waals surface area contributed by atoms with E-state index in [0.717, 1.165) is 44.3 Å². The lowest BCUT2D eigenvalue weighted by Crippen LogP contribution is -2.45. The summed E-state index contributed by atoms with van der Waals surface area (Å²) < 4.78 is 20.6. The standard InChI is InChI=1S/C19H22FN3O2/c20-15-6-4-14(5-7-15)19(8-2-9-19)18(24)22-16-11-21-23(12-16)13-17-3-1-10-25-17/h4-7,11-12,17H,1-3,8-10,13H2,(H,22,24)/t17-/m0/s1. The van der Waals surface area contributed by atoms with Gasteiger partial charge < -0.3 is 10.1 Å². The molecule has 1 aliphatic carbocycles. The third kappa shape index (κ3) is 3.18. The molecule has 5 nitrogen and oxygen atoms in total. The van der Waals surface area contributed by atoms with Gasteiger partial charge in [-0.1, -0.05) is 18.6 Å². The van der Waals surface area contributed by atoms with Crippen LogP contribution in [-0.2, 0) is 21.5 Å². The topological polar surface area (TPSA) is 56.2 Å². The van der Waals surface area contributed by atoms with E-state index in [1.807, 2.05) is 10.9 Å². The molecule has 4 rings (SSSR count). The van der Waals surface area contributed by atoms with E-state index < -0.39 is 5.41 Å². The van der Waals surface area contributed by atoms with Crippen LogP contribution in [-0.4, -0.2) is 28.4 Å². The maximum atomic E-state index is 13.2. The average molecular weight is 343 g/mol. The first-order valence-electron chi connectivity index (χ1n) is 8.87. The molecule has 1 amide bonds. The van der Waals surface area contributed by atoms with Gasteiger partial charge in [-0.25, -0.2) is 4.39 Å². The van der Waals surface area contributed by atoms with Crippen LogP contribution in [0.25, 0.3) is 0 Å². The van der Waals surface area contributed by atoms with Crippen molar-refractivity contribution in [1.29, 1.82) is 0 Å². The molecular formula is C19H22FN3O2. The maximum absolute atomic E-state index is 13.2. The molecule has 0 radical (unpaired) electrons. The van der Waals surface area contributed by atoms with Crippen molar-refractivity contribution < 1.29 is 13.9 Å². The van der Waals surface area contributed by atoms with Crippen LogP contribution in [0.4, 0.5) is 10.1 Å². The number of halogens is 1. The summed E-state index contributed by atoms with van der Waals surface area (Å²) >= 11 is 0. The zero-order valence-electron chi connectivity index (χ0n) is 14.1. The second-order valence-corrected chi connectivity index (χ2v) is 6.98. The summed E-state index contributed by atoms with van der Waals surface area (Å²) in [4.78, 5) is 12.9. The number of aromatic nitrogens is 2. The van der Waals surface area contributed by atoms with E-state index >= 15 is 0 Å². The van der Waals surface area contributed by atoms with Crippen molar-refractivity contribution in [3.8, 4) is 0 Å². The molecule has 0 spiro atoms. The van der Waals surface area contributed by atoms with Crippen molar-refractivity contribution in [2.75, 3.05) is 11.9 Å². The number of nitrogens with zero attached hydrogens (tertiary/aromatic N) is 2. The zero-order chi connectivity index (χ0) is 17.3. The van der Waals surface area contributed by atoms with Gasteiger partial charge in [0, 0.05) is 12.8 Å². The Kier molecular flexibility index (Phi) is 4.29. The SMILES string of the molecule is O=C(Nc1cnn(C[C@@H]2CCCO2)c1)C1(c2ccc(F)cc2)CCC1. The van der Waals surface area contributed by atoms with E-state index in [4.69, 9.17) is 4.74 Å². The Balaban J connectivity index is 1.45. The molecule has 0 unspecified atom stereocenters. The maximum Gasteiger partial charge on any atom is 0.235 e. The number of nitrogens with one attached hydrogen (secondary N) is 1. The number of hydrogen-bond donors (Lipinski definition) is 1. The van der Waals surface area contributed by atoms with Crippen LogP contribution in [0, 0.1) is 5.82 Å². The van der Waals surface area contributed by atoms with Crippen LogP contribution < -0.4 is 5.32 Å². The van der Waals surface area contributed by atoms with Crippen LogP contribution in [0.3, 0.4) is 0 Å². The number of anilines is 1. The first-order valence-corrected chi connectivity index (χ1v) is 8.87. The van der Waals surface area contributed by atoms with Crippen molar-refractivity contribution in [2.45, 2.75) is 50.2 Å². The fourth-order valence-electron chi connectivity index (χ4n) is 3.72. The molecule has 132 valence electrons. The molecule has 0 bridgehead atoms. The van der Waals surface area contributed by atoms with Gasteiger partial charge in [0.2, 0.25) is 5.91 Å². The number of rotatable bonds is 5. The molecule has 1 aromatic carbocycles. The molecule has 1 saturated heterocycles. The Morgan fingerprint density at radius 2 is 2.12 bits per heavy atom. The van der Waals surface area contributed by atoms with Crippen LogP contribution in [0.5, 0.6) is 0 Å². The molecule has 1 N–H and O–H groups in total. The van der Waals surface area contributed by atoms with Crippen molar-refractivity contribution in [2.24, 2.45) is 0 Å². The second kappa shape index (κ2) is 6.59. The van der Waals surface area contributed by atoms with E-state index in [9.17, 15) is 9.18 Å². The van der Waals surface area contributed by atoms with Gasteiger partial charge in [0.25, 0.3) is 0 Å². The molecule has 25 heavy (non-hydrogen) atoms. The molecular weight excluding hydrogens is 321 g/mol. The predicted octanol–water partition coefficient (Wildman–Crippen LogP) is 3.26. The summed E-state index contributed by atoms with van der Waals surface area (Å²) in [7, 11) is 0. The van der Waals surface area contributed by atoms with Crippen LogP contribution >= 0.6 is 0 Å². The highest BCUT2D eigenvalue weighted by molar-refractivity contribution is 5.99. The number of benzene rings is 1. The second-order valence-electron chi connectivity index (χ2n) is 6.98. The van der Waals surface area contributed by atoms with Gasteiger partial charge in [0.15, 0.2) is 0 Å². The van der Waals surface area contributed by atoms with Crippen molar-refractivity contribution in [3.05, 3.63) is 48.0 Å². The van der Waals surface area contributed by atoms with E-state index in [1.165, 1.54) is 12.1 Å². The molecule has 1 saturated carbocycles. The largest absolute Gasteiger partial charge is 0.376 e. The van der Waals surface area contributed by atoms with E-state index in [1.54, 1.807) is 18.3 Å². The van der Waals surface area contributed by atoms with Crippen molar-refractivity contribution >= 4 is 11.6 Å². The average Bonchev–Trinajstić information content (AvgIpc) is 3.21. The number of carbonyl (C=O) groups is 1. The quantitative estimate of drug-likeness (QED) is 0.906. The van der Waals surface area contributed by atoms with Gasteiger partial charge in [-0.3, -0.25) is 9.48 Å². The molecule has 2 aromatic rings. The lowest BCUT2D eigenvalue weighted by molar-refractivity contribution is -0.124. The number of carbonyl (C=O) groups excluding carboxylic acids is 1. The van der Waals surface area contributed by atoms with E-state index in [2.05, 4.69) is 10.4 Å². The number of amides is 1. The number of ether oxygens (including phenoxy) is 1. The van der Waals surface area contributed by atoms with E-state index in [0.29, 0.717) is 12.2 Å². The third-order valence-electron chi connectivity index (χ3n) is 5.34. The van der Waals surface area contributed by atoms with Crippen LogP contribution in [0.1, 0.15) is 37.7 Å². The van der Waals surface area contributed by atoms with Gasteiger partial charge >= 0.3 is 0 Å². The monoisotopic (exact) mass is 343 g/mol. The Hall–Kier alpha value is -2.21. The molecule has 6 heteroatoms. The minimum Gasteiger partial charge on any atom is -0.376 e. The predicted molar refractivity (Wildman–Crippen MR) is 91.8 cm³/mol. The summed E-state index contributed by atoms with van der Waals surface area (Å²) in [5.41, 5.74) is 1.02. The first kappa shape index (κ1) is 16.3. The van der Waals surface area contributed by atoms with Crippen molar-refractivity contribution in [1.82, 2.24) is 9.78 Å². The summed E-state index contributed by atoms with van der Waals surface area (Å²) in [6.45, 7) is 1.52. The summed E-state index contributed by atoms with van der Waals surface area (Å²) in [5, 5.41) is 7.30. The van der Waals surface area contributed by atoms with Crippen LogP contribution in [0.2, 0.25) is 0 Å². The summed E-state index contributed by atoms with van der Waals surface area (Å²) in [5.74, 6) is -0.323. The molecule has 2 heterocycles. The fourth-order valence-corrected chi connectivity index (χ4v) is 3.72. The third-order valence-corrected chi connectivity index (χ3v) is 5.34. The van der Waals surface area contributed by atoms with Gasteiger partial charge in [-0.15, -0.1) is 0 Å². The highest BCUT2D eigenvalue weighted by atomic mass is 19.1. The lowest BCUT2D eigenvalue weighted by Gasteiger charge is -2.40. The molecule has 1 atom stereocenters. The lowest BCUT2D eigenvalue weighted by atomic mass is 9.64. The van der Waals surface area contributed by atoms with Crippen LogP contribution in [0.15, 0.2) is 36.7 Å². The molecule has 2 aliphatic rings. The summed E-state index contributed by atoms with van der Waals surface area (Å²) in [6.07, 6.45) is 8.44. The van der Waals surface area contributed by atoms with Gasteiger partial charge in [0.05, 0.1) is 29.9 Å². The zero-order valence-corrected chi connectivity index (χ0v) is 14.1. The van der Waals surface area contributed by atoms with Crippen molar-refractivity contribution in [3.63, 3.8) is 0 Å². The molecule has 2 fully saturated rings. The fraction of sp³-hybridized carbons (Fsp3) is 0.474. The highest BCUT2D eigenvalue weighted by Gasteiger charge is 2.45. The Labute approximate surface area is 146 Å². The minimum absolute atomic E-state index is 0.0398. The smallest absolute Gasteiger partial charge is 0.235 e. The van der Waals surface area contributed by atoms with E-state index in [-0.39, 0.29) is 17.8 Å². The Morgan fingerprint density at radius 1 is 1.32 bits per heavy atom. The molecule has 1 aliphatic heterocycles. The molecule has 1 aromatic heterocycles. The first-order chi connectivity index (χ1) is 12.2. The number of hydrogen-bond acceptors (Lipinski definition) is 3. The Bertz CT molecular complexity index is 746. The Morgan fingerprint density at radius 3 is 2.76 bits per heavy atom.